The average molecular weight is 278 g/mol. The Morgan fingerprint density at radius 2 is 2.33 bits per heavy atom. The van der Waals surface area contributed by atoms with Crippen molar-refractivity contribution >= 4 is 44.3 Å². The zero-order valence-corrected chi connectivity index (χ0v) is 11.2. The summed E-state index contributed by atoms with van der Waals surface area (Å²) >= 11 is 3.04. The third kappa shape index (κ3) is 2.02. The molecular formula is C12H10N2O2S2. The minimum atomic E-state index is -0.866. The summed E-state index contributed by atoms with van der Waals surface area (Å²) in [6, 6.07) is 5.47. The summed E-state index contributed by atoms with van der Waals surface area (Å²) in [4.78, 5) is 19.6. The lowest BCUT2D eigenvalue weighted by Crippen LogP contribution is -2.17. The molecule has 0 saturated heterocycles. The van der Waals surface area contributed by atoms with E-state index in [1.165, 1.54) is 17.3 Å². The highest BCUT2D eigenvalue weighted by molar-refractivity contribution is 8.15. The van der Waals surface area contributed by atoms with Crippen LogP contribution in [0.4, 0.5) is 0 Å². The van der Waals surface area contributed by atoms with Gasteiger partial charge in [0.15, 0.2) is 6.04 Å². The van der Waals surface area contributed by atoms with E-state index in [0.29, 0.717) is 5.75 Å². The summed E-state index contributed by atoms with van der Waals surface area (Å²) in [6.45, 7) is 2.04. The second-order valence-electron chi connectivity index (χ2n) is 4.09. The van der Waals surface area contributed by atoms with Crippen LogP contribution in [0, 0.1) is 6.92 Å². The van der Waals surface area contributed by atoms with Gasteiger partial charge in [-0.25, -0.2) is 9.78 Å². The zero-order chi connectivity index (χ0) is 12.7. The van der Waals surface area contributed by atoms with Crippen molar-refractivity contribution in [2.75, 3.05) is 5.75 Å². The standard InChI is InChI=1S/C12H10N2O2S2/c1-6-2-3-7-9(4-6)18-11(13-7)10-14-8(5-17-10)12(15)16/h2-4,8H,5H2,1H3,(H,15,16). The van der Waals surface area contributed by atoms with Crippen LogP contribution in [0.1, 0.15) is 10.6 Å². The highest BCUT2D eigenvalue weighted by atomic mass is 32.2. The van der Waals surface area contributed by atoms with Crippen LogP contribution in [0.15, 0.2) is 23.2 Å². The Balaban J connectivity index is 2.00. The van der Waals surface area contributed by atoms with Crippen LogP contribution in [0.3, 0.4) is 0 Å². The first-order valence-electron chi connectivity index (χ1n) is 5.44. The lowest BCUT2D eigenvalue weighted by Gasteiger charge is -1.93. The van der Waals surface area contributed by atoms with Crippen LogP contribution in [-0.2, 0) is 4.79 Å². The molecule has 1 N–H and O–H groups in total. The van der Waals surface area contributed by atoms with Crippen LogP contribution >= 0.6 is 23.1 Å². The maximum atomic E-state index is 10.9. The number of rotatable bonds is 2. The number of thioether (sulfide) groups is 1. The number of hydrogen-bond donors (Lipinski definition) is 1. The normalized spacial score (nSPS) is 19.2. The molecule has 6 heteroatoms. The molecule has 92 valence electrons. The topological polar surface area (TPSA) is 62.5 Å². The maximum absolute atomic E-state index is 10.9. The van der Waals surface area contributed by atoms with Crippen molar-refractivity contribution in [3.8, 4) is 0 Å². The molecule has 0 fully saturated rings. The fraction of sp³-hybridized carbons (Fsp3) is 0.250. The van der Waals surface area contributed by atoms with Crippen molar-refractivity contribution in [3.05, 3.63) is 28.8 Å². The third-order valence-corrected chi connectivity index (χ3v) is 4.87. The number of carboxylic acid groups (broad SMARTS) is 1. The Kier molecular flexibility index (Phi) is 2.83. The molecule has 0 aliphatic carbocycles. The van der Waals surface area contributed by atoms with Crippen molar-refractivity contribution < 1.29 is 9.90 Å². The van der Waals surface area contributed by atoms with E-state index in [0.717, 1.165) is 20.3 Å². The first kappa shape index (κ1) is 11.7. The molecule has 18 heavy (non-hydrogen) atoms. The number of aromatic nitrogens is 1. The molecule has 1 aromatic carbocycles. The molecule has 0 spiro atoms. The molecule has 4 nitrogen and oxygen atoms in total. The van der Waals surface area contributed by atoms with E-state index >= 15 is 0 Å². The van der Waals surface area contributed by atoms with E-state index in [2.05, 4.69) is 16.0 Å². The van der Waals surface area contributed by atoms with E-state index in [9.17, 15) is 4.79 Å². The molecule has 1 aliphatic heterocycles. The van der Waals surface area contributed by atoms with E-state index in [1.807, 2.05) is 19.1 Å². The predicted octanol–water partition coefficient (Wildman–Crippen LogP) is 2.55. The number of benzene rings is 1. The number of thiazole rings is 1. The smallest absolute Gasteiger partial charge is 0.329 e. The van der Waals surface area contributed by atoms with Crippen molar-refractivity contribution in [2.45, 2.75) is 13.0 Å². The number of aliphatic carboxylic acids is 1. The van der Waals surface area contributed by atoms with Gasteiger partial charge in [-0.3, -0.25) is 4.99 Å². The fourth-order valence-electron chi connectivity index (χ4n) is 1.74. The molecule has 2 aromatic rings. The highest BCUT2D eigenvalue weighted by Gasteiger charge is 2.26. The molecule has 1 atom stereocenters. The summed E-state index contributed by atoms with van der Waals surface area (Å²) in [5.74, 6) is -0.367. The van der Waals surface area contributed by atoms with Crippen molar-refractivity contribution in [3.63, 3.8) is 0 Å². The first-order valence-corrected chi connectivity index (χ1v) is 7.24. The number of carboxylic acids is 1. The second-order valence-corrected chi connectivity index (χ2v) is 6.13. The average Bonchev–Trinajstić information content (AvgIpc) is 2.93. The molecule has 2 heterocycles. The molecule has 0 radical (unpaired) electrons. The maximum Gasteiger partial charge on any atom is 0.329 e. The summed E-state index contributed by atoms with van der Waals surface area (Å²) in [6.07, 6.45) is 0. The summed E-state index contributed by atoms with van der Waals surface area (Å²) < 4.78 is 1.12. The third-order valence-electron chi connectivity index (χ3n) is 2.66. The van der Waals surface area contributed by atoms with Gasteiger partial charge in [-0.15, -0.1) is 23.1 Å². The monoisotopic (exact) mass is 278 g/mol. The lowest BCUT2D eigenvalue weighted by molar-refractivity contribution is -0.137. The minimum Gasteiger partial charge on any atom is -0.480 e. The number of carbonyl (C=O) groups is 1. The number of fused-ring (bicyclic) bond motifs is 1. The van der Waals surface area contributed by atoms with Gasteiger partial charge >= 0.3 is 5.97 Å². The van der Waals surface area contributed by atoms with Gasteiger partial charge in [0.1, 0.15) is 10.1 Å². The van der Waals surface area contributed by atoms with E-state index < -0.39 is 12.0 Å². The predicted molar refractivity (Wildman–Crippen MR) is 74.8 cm³/mol. The van der Waals surface area contributed by atoms with Gasteiger partial charge in [0.2, 0.25) is 0 Å². The SMILES string of the molecule is Cc1ccc2nc(C3=NC(C(=O)O)CS3)sc2c1. The first-order chi connectivity index (χ1) is 8.63. The lowest BCUT2D eigenvalue weighted by atomic mass is 10.2. The zero-order valence-electron chi connectivity index (χ0n) is 9.58. The van der Waals surface area contributed by atoms with Crippen molar-refractivity contribution in [1.29, 1.82) is 0 Å². The fourth-order valence-corrected chi connectivity index (χ4v) is 3.90. The molecule has 3 rings (SSSR count). The molecular weight excluding hydrogens is 268 g/mol. The van der Waals surface area contributed by atoms with Crippen LogP contribution in [0.2, 0.25) is 0 Å². The van der Waals surface area contributed by atoms with Gasteiger partial charge in [-0.05, 0) is 24.6 Å². The Bertz CT molecular complexity index is 663. The minimum absolute atomic E-state index is 0.500. The second kappa shape index (κ2) is 4.37. The Labute approximate surface area is 112 Å². The van der Waals surface area contributed by atoms with Gasteiger partial charge in [0, 0.05) is 5.75 Å². The van der Waals surface area contributed by atoms with E-state index in [4.69, 9.17) is 5.11 Å². The summed E-state index contributed by atoms with van der Waals surface area (Å²) in [7, 11) is 0. The van der Waals surface area contributed by atoms with Gasteiger partial charge < -0.3 is 5.11 Å². The van der Waals surface area contributed by atoms with Gasteiger partial charge in [-0.1, -0.05) is 6.07 Å². The van der Waals surface area contributed by atoms with Crippen LogP contribution in [0.25, 0.3) is 10.2 Å². The highest BCUT2D eigenvalue weighted by Crippen LogP contribution is 2.30. The van der Waals surface area contributed by atoms with Gasteiger partial charge in [0.25, 0.3) is 0 Å². The molecule has 0 saturated carbocycles. The molecule has 1 unspecified atom stereocenters. The summed E-state index contributed by atoms with van der Waals surface area (Å²) in [5, 5.41) is 10.5. The Morgan fingerprint density at radius 1 is 1.50 bits per heavy atom. The van der Waals surface area contributed by atoms with E-state index in [-0.39, 0.29) is 0 Å². The van der Waals surface area contributed by atoms with Crippen LogP contribution in [-0.4, -0.2) is 32.9 Å². The number of aryl methyl sites for hydroxylation is 1. The Morgan fingerprint density at radius 3 is 3.06 bits per heavy atom. The largest absolute Gasteiger partial charge is 0.480 e. The van der Waals surface area contributed by atoms with E-state index in [1.54, 1.807) is 11.3 Å². The van der Waals surface area contributed by atoms with Crippen molar-refractivity contribution in [2.24, 2.45) is 4.99 Å². The number of nitrogens with zero attached hydrogens (tertiary/aromatic N) is 2. The summed E-state index contributed by atoms with van der Waals surface area (Å²) in [5.41, 5.74) is 2.14. The van der Waals surface area contributed by atoms with Crippen LogP contribution in [0.5, 0.6) is 0 Å². The number of aliphatic imine (C=N–C) groups is 1. The number of hydrogen-bond acceptors (Lipinski definition) is 5. The Hall–Kier alpha value is -1.40. The van der Waals surface area contributed by atoms with Crippen LogP contribution < -0.4 is 0 Å². The molecule has 0 bridgehead atoms. The van der Waals surface area contributed by atoms with Gasteiger partial charge in [0.05, 0.1) is 10.2 Å². The molecule has 1 aliphatic rings. The van der Waals surface area contributed by atoms with Crippen molar-refractivity contribution in [1.82, 2.24) is 4.98 Å². The molecule has 1 aromatic heterocycles. The quantitative estimate of drug-likeness (QED) is 0.917. The molecule has 0 amide bonds. The van der Waals surface area contributed by atoms with Gasteiger partial charge in [-0.2, -0.15) is 0 Å².